The second kappa shape index (κ2) is 5.64. The van der Waals surface area contributed by atoms with Gasteiger partial charge in [0.25, 0.3) is 11.6 Å². The third-order valence-corrected chi connectivity index (χ3v) is 3.21. The van der Waals surface area contributed by atoms with Crippen molar-refractivity contribution in [3.8, 4) is 0 Å². The fraction of sp³-hybridized carbons (Fsp3) is 0.500. The summed E-state index contributed by atoms with van der Waals surface area (Å²) < 4.78 is 0. The molecule has 7 heteroatoms. The summed E-state index contributed by atoms with van der Waals surface area (Å²) in [5.74, 6) is 0.163. The number of carbonyl (C=O) groups is 1. The number of aromatic nitrogens is 1. The minimum Gasteiger partial charge on any atom is -0.373 e. The summed E-state index contributed by atoms with van der Waals surface area (Å²) in [6.07, 6.45) is 4.13. The number of piperidine rings is 1. The average Bonchev–Trinajstić information content (AvgIpc) is 2.46. The molecule has 0 aromatic carbocycles. The van der Waals surface area contributed by atoms with Crippen molar-refractivity contribution in [3.63, 3.8) is 0 Å². The van der Waals surface area contributed by atoms with E-state index in [1.807, 2.05) is 0 Å². The Hall–Kier alpha value is -2.18. The number of nitro groups is 1. The third-order valence-electron chi connectivity index (χ3n) is 3.21. The molecule has 2 rings (SSSR count). The molecule has 0 bridgehead atoms. The molecule has 1 aliphatic heterocycles. The maximum atomic E-state index is 12.4. The Morgan fingerprint density at radius 3 is 2.68 bits per heavy atom. The average molecular weight is 264 g/mol. The van der Waals surface area contributed by atoms with Gasteiger partial charge in [-0.15, -0.1) is 0 Å². The molecule has 1 N–H and O–H groups in total. The number of hydrogen-bond donors (Lipinski definition) is 1. The Morgan fingerprint density at radius 2 is 2.11 bits per heavy atom. The molecular weight excluding hydrogens is 248 g/mol. The summed E-state index contributed by atoms with van der Waals surface area (Å²) in [5.41, 5.74) is -0.138. The molecule has 1 amide bonds. The largest absolute Gasteiger partial charge is 0.373 e. The summed E-state index contributed by atoms with van der Waals surface area (Å²) in [4.78, 5) is 28.3. The van der Waals surface area contributed by atoms with Crippen LogP contribution >= 0.6 is 0 Å². The van der Waals surface area contributed by atoms with Crippen LogP contribution < -0.4 is 5.32 Å². The van der Waals surface area contributed by atoms with Crippen molar-refractivity contribution in [2.75, 3.05) is 25.5 Å². The van der Waals surface area contributed by atoms with Crippen LogP contribution in [0.4, 0.5) is 11.5 Å². The van der Waals surface area contributed by atoms with Gasteiger partial charge < -0.3 is 10.2 Å². The van der Waals surface area contributed by atoms with Crippen LogP contribution in [0.5, 0.6) is 0 Å². The maximum absolute atomic E-state index is 12.4. The summed E-state index contributed by atoms with van der Waals surface area (Å²) in [5, 5.41) is 13.8. The van der Waals surface area contributed by atoms with Crippen LogP contribution in [0.2, 0.25) is 0 Å². The number of nitrogens with one attached hydrogen (secondary N) is 1. The molecule has 1 aliphatic rings. The van der Waals surface area contributed by atoms with E-state index in [0.29, 0.717) is 18.9 Å². The zero-order chi connectivity index (χ0) is 13.8. The SMILES string of the molecule is CNc1cc(C(=O)N2CCCCC2)c([N+](=O)[O-])cn1. The molecule has 0 atom stereocenters. The molecule has 0 aliphatic carbocycles. The predicted molar refractivity (Wildman–Crippen MR) is 70.2 cm³/mol. The maximum Gasteiger partial charge on any atom is 0.300 e. The number of carbonyl (C=O) groups excluding carboxylic acids is 1. The number of nitrogens with zero attached hydrogens (tertiary/aromatic N) is 3. The van der Waals surface area contributed by atoms with Crippen LogP contribution in [0.15, 0.2) is 12.3 Å². The normalized spacial score (nSPS) is 15.1. The van der Waals surface area contributed by atoms with Crippen molar-refractivity contribution in [2.24, 2.45) is 0 Å². The highest BCUT2D eigenvalue weighted by Gasteiger charge is 2.26. The first-order valence-electron chi connectivity index (χ1n) is 6.25. The Labute approximate surface area is 110 Å². The zero-order valence-electron chi connectivity index (χ0n) is 10.8. The lowest BCUT2D eigenvalue weighted by Gasteiger charge is -2.26. The molecule has 0 spiro atoms. The fourth-order valence-electron chi connectivity index (χ4n) is 2.17. The van der Waals surface area contributed by atoms with Crippen molar-refractivity contribution in [2.45, 2.75) is 19.3 Å². The molecule has 1 fully saturated rings. The molecule has 19 heavy (non-hydrogen) atoms. The van der Waals surface area contributed by atoms with E-state index < -0.39 is 4.92 Å². The van der Waals surface area contributed by atoms with Crippen molar-refractivity contribution >= 4 is 17.4 Å². The lowest BCUT2D eigenvalue weighted by Crippen LogP contribution is -2.36. The Kier molecular flexibility index (Phi) is 3.94. The Balaban J connectivity index is 2.34. The lowest BCUT2D eigenvalue weighted by molar-refractivity contribution is -0.385. The van der Waals surface area contributed by atoms with Gasteiger partial charge in [0.1, 0.15) is 17.6 Å². The Morgan fingerprint density at radius 1 is 1.42 bits per heavy atom. The summed E-state index contributed by atoms with van der Waals surface area (Å²) >= 11 is 0. The molecule has 0 radical (unpaired) electrons. The van der Waals surface area contributed by atoms with Crippen molar-refractivity contribution in [3.05, 3.63) is 27.9 Å². The number of rotatable bonds is 3. The zero-order valence-corrected chi connectivity index (χ0v) is 10.8. The van der Waals surface area contributed by atoms with Crippen LogP contribution in [0.25, 0.3) is 0 Å². The van der Waals surface area contributed by atoms with Gasteiger partial charge >= 0.3 is 0 Å². The van der Waals surface area contributed by atoms with Crippen LogP contribution in [0.3, 0.4) is 0 Å². The van der Waals surface area contributed by atoms with E-state index in [1.165, 1.54) is 6.07 Å². The van der Waals surface area contributed by atoms with Crippen LogP contribution in [-0.4, -0.2) is 40.9 Å². The van der Waals surface area contributed by atoms with Gasteiger partial charge in [0.2, 0.25) is 0 Å². The van der Waals surface area contributed by atoms with Gasteiger partial charge in [-0.2, -0.15) is 0 Å². The number of likely N-dealkylation sites (tertiary alicyclic amines) is 1. The topological polar surface area (TPSA) is 88.4 Å². The second-order valence-corrected chi connectivity index (χ2v) is 4.45. The molecular formula is C12H16N4O3. The van der Waals surface area contributed by atoms with Gasteiger partial charge in [0.15, 0.2) is 0 Å². The smallest absolute Gasteiger partial charge is 0.300 e. The quantitative estimate of drug-likeness (QED) is 0.662. The first kappa shape index (κ1) is 13.3. The summed E-state index contributed by atoms with van der Waals surface area (Å²) in [6, 6.07) is 1.44. The Bertz CT molecular complexity index is 498. The first-order valence-corrected chi connectivity index (χ1v) is 6.25. The first-order chi connectivity index (χ1) is 9.13. The van der Waals surface area contributed by atoms with Gasteiger partial charge in [-0.25, -0.2) is 4.98 Å². The number of pyridine rings is 1. The van der Waals surface area contributed by atoms with E-state index in [4.69, 9.17) is 0 Å². The molecule has 7 nitrogen and oxygen atoms in total. The monoisotopic (exact) mass is 264 g/mol. The molecule has 1 aromatic heterocycles. The van der Waals surface area contributed by atoms with Gasteiger partial charge in [-0.05, 0) is 19.3 Å². The fourth-order valence-corrected chi connectivity index (χ4v) is 2.17. The predicted octanol–water partition coefficient (Wildman–Crippen LogP) is 1.66. The summed E-state index contributed by atoms with van der Waals surface area (Å²) in [7, 11) is 1.66. The highest BCUT2D eigenvalue weighted by molar-refractivity contribution is 5.98. The molecule has 0 unspecified atom stereocenters. The standard InChI is InChI=1S/C12H16N4O3/c1-13-11-7-9(10(8-14-11)16(18)19)12(17)15-5-3-2-4-6-15/h7-8H,2-6H2,1H3,(H,13,14). The van der Waals surface area contributed by atoms with Crippen LogP contribution in [-0.2, 0) is 0 Å². The van der Waals surface area contributed by atoms with E-state index in [9.17, 15) is 14.9 Å². The molecule has 0 saturated carbocycles. The molecule has 1 saturated heterocycles. The van der Waals surface area contributed by atoms with Crippen molar-refractivity contribution in [1.29, 1.82) is 0 Å². The summed E-state index contributed by atoms with van der Waals surface area (Å²) in [6.45, 7) is 1.32. The molecule has 1 aromatic rings. The van der Waals surface area contributed by atoms with Gasteiger partial charge in [0, 0.05) is 26.2 Å². The number of anilines is 1. The van der Waals surface area contributed by atoms with E-state index in [1.54, 1.807) is 11.9 Å². The number of amides is 1. The second-order valence-electron chi connectivity index (χ2n) is 4.45. The highest BCUT2D eigenvalue weighted by Crippen LogP contribution is 2.23. The minimum atomic E-state index is -0.566. The number of hydrogen-bond acceptors (Lipinski definition) is 5. The van der Waals surface area contributed by atoms with E-state index >= 15 is 0 Å². The van der Waals surface area contributed by atoms with Gasteiger partial charge in [-0.1, -0.05) is 0 Å². The van der Waals surface area contributed by atoms with E-state index in [0.717, 1.165) is 25.5 Å². The molecule has 102 valence electrons. The van der Waals surface area contributed by atoms with Gasteiger partial charge in [0.05, 0.1) is 4.92 Å². The molecule has 2 heterocycles. The van der Waals surface area contributed by atoms with Crippen LogP contribution in [0.1, 0.15) is 29.6 Å². The minimum absolute atomic E-state index is 0.103. The van der Waals surface area contributed by atoms with Crippen molar-refractivity contribution in [1.82, 2.24) is 9.88 Å². The van der Waals surface area contributed by atoms with E-state index in [-0.39, 0.29) is 17.2 Å². The highest BCUT2D eigenvalue weighted by atomic mass is 16.6. The van der Waals surface area contributed by atoms with Gasteiger partial charge in [-0.3, -0.25) is 14.9 Å². The van der Waals surface area contributed by atoms with E-state index in [2.05, 4.69) is 10.3 Å². The third kappa shape index (κ3) is 2.81. The lowest BCUT2D eigenvalue weighted by atomic mass is 10.1. The van der Waals surface area contributed by atoms with Crippen molar-refractivity contribution < 1.29 is 9.72 Å². The van der Waals surface area contributed by atoms with Crippen LogP contribution in [0, 0.1) is 10.1 Å².